The standard InChI is InChI=1S/C10H11ClF3N/c1-3-6(2)9-8(11)4-7(5-15-9)10(12,13)14/h4-6H,3H2,1-2H3/t6-/m0/s1. The van der Waals surface area contributed by atoms with E-state index >= 15 is 0 Å². The molecule has 0 amide bonds. The maximum atomic E-state index is 12.3. The van der Waals surface area contributed by atoms with E-state index in [1.165, 1.54) is 0 Å². The van der Waals surface area contributed by atoms with E-state index in [4.69, 9.17) is 11.6 Å². The smallest absolute Gasteiger partial charge is 0.259 e. The summed E-state index contributed by atoms with van der Waals surface area (Å²) in [4.78, 5) is 3.76. The van der Waals surface area contributed by atoms with Crippen LogP contribution in [0.3, 0.4) is 0 Å². The number of rotatable bonds is 2. The zero-order chi connectivity index (χ0) is 11.6. The van der Waals surface area contributed by atoms with E-state index in [0.717, 1.165) is 18.7 Å². The number of alkyl halides is 3. The lowest BCUT2D eigenvalue weighted by Crippen LogP contribution is -2.07. The first-order valence-corrected chi connectivity index (χ1v) is 4.96. The van der Waals surface area contributed by atoms with Gasteiger partial charge in [-0.1, -0.05) is 25.4 Å². The summed E-state index contributed by atoms with van der Waals surface area (Å²) in [6.45, 7) is 3.81. The highest BCUT2D eigenvalue weighted by molar-refractivity contribution is 6.31. The maximum Gasteiger partial charge on any atom is 0.417 e. The summed E-state index contributed by atoms with van der Waals surface area (Å²) in [5.74, 6) is 0.0692. The second kappa shape index (κ2) is 4.39. The van der Waals surface area contributed by atoms with Crippen LogP contribution in [0.2, 0.25) is 5.02 Å². The van der Waals surface area contributed by atoms with Gasteiger partial charge >= 0.3 is 6.18 Å². The van der Waals surface area contributed by atoms with Gasteiger partial charge in [-0.15, -0.1) is 0 Å². The van der Waals surface area contributed by atoms with Crippen molar-refractivity contribution in [2.24, 2.45) is 0 Å². The molecule has 0 radical (unpaired) electrons. The maximum absolute atomic E-state index is 12.3. The fourth-order valence-electron chi connectivity index (χ4n) is 1.16. The van der Waals surface area contributed by atoms with Crippen molar-refractivity contribution in [2.75, 3.05) is 0 Å². The van der Waals surface area contributed by atoms with E-state index < -0.39 is 11.7 Å². The molecule has 0 aliphatic heterocycles. The van der Waals surface area contributed by atoms with Gasteiger partial charge in [-0.25, -0.2) is 0 Å². The highest BCUT2D eigenvalue weighted by atomic mass is 35.5. The van der Waals surface area contributed by atoms with Crippen molar-refractivity contribution in [1.82, 2.24) is 4.98 Å². The highest BCUT2D eigenvalue weighted by Crippen LogP contribution is 2.33. The minimum Gasteiger partial charge on any atom is -0.259 e. The molecule has 1 aromatic heterocycles. The lowest BCUT2D eigenvalue weighted by molar-refractivity contribution is -0.137. The molecule has 0 saturated heterocycles. The Morgan fingerprint density at radius 1 is 1.47 bits per heavy atom. The molecule has 0 spiro atoms. The Labute approximate surface area is 91.3 Å². The Morgan fingerprint density at radius 3 is 2.47 bits per heavy atom. The molecule has 0 bridgehead atoms. The Hall–Kier alpha value is -0.770. The number of halogens is 4. The number of hydrogen-bond acceptors (Lipinski definition) is 1. The topological polar surface area (TPSA) is 12.9 Å². The largest absolute Gasteiger partial charge is 0.417 e. The van der Waals surface area contributed by atoms with E-state index in [9.17, 15) is 13.2 Å². The quantitative estimate of drug-likeness (QED) is 0.749. The molecule has 1 heterocycles. The third-order valence-corrected chi connectivity index (χ3v) is 2.58. The second-order valence-corrected chi connectivity index (χ2v) is 3.81. The van der Waals surface area contributed by atoms with Crippen LogP contribution in [-0.2, 0) is 6.18 Å². The molecular weight excluding hydrogens is 227 g/mol. The van der Waals surface area contributed by atoms with Crippen LogP contribution >= 0.6 is 11.6 Å². The molecule has 1 atom stereocenters. The van der Waals surface area contributed by atoms with Crippen molar-refractivity contribution >= 4 is 11.6 Å². The molecule has 0 saturated carbocycles. The van der Waals surface area contributed by atoms with E-state index in [0.29, 0.717) is 5.69 Å². The van der Waals surface area contributed by atoms with Crippen LogP contribution in [0, 0.1) is 0 Å². The van der Waals surface area contributed by atoms with Gasteiger partial charge in [0, 0.05) is 6.20 Å². The van der Waals surface area contributed by atoms with E-state index in [2.05, 4.69) is 4.98 Å². The third kappa shape index (κ3) is 2.84. The second-order valence-electron chi connectivity index (χ2n) is 3.40. The predicted molar refractivity (Wildman–Crippen MR) is 53.0 cm³/mol. The normalized spacial score (nSPS) is 14.0. The summed E-state index contributed by atoms with van der Waals surface area (Å²) in [5, 5.41) is 0.0826. The van der Waals surface area contributed by atoms with Crippen LogP contribution in [-0.4, -0.2) is 4.98 Å². The van der Waals surface area contributed by atoms with Crippen molar-refractivity contribution < 1.29 is 13.2 Å². The molecule has 1 rings (SSSR count). The van der Waals surface area contributed by atoms with Crippen molar-refractivity contribution in [2.45, 2.75) is 32.4 Å². The van der Waals surface area contributed by atoms with Gasteiger partial charge in [0.05, 0.1) is 16.3 Å². The minimum atomic E-state index is -4.38. The van der Waals surface area contributed by atoms with Crippen molar-refractivity contribution in [1.29, 1.82) is 0 Å². The van der Waals surface area contributed by atoms with Gasteiger partial charge in [-0.3, -0.25) is 4.98 Å². The van der Waals surface area contributed by atoms with Crippen LogP contribution in [0.5, 0.6) is 0 Å². The van der Waals surface area contributed by atoms with E-state index in [-0.39, 0.29) is 10.9 Å². The molecular formula is C10H11ClF3N. The molecule has 0 N–H and O–H groups in total. The van der Waals surface area contributed by atoms with E-state index in [1.54, 1.807) is 0 Å². The van der Waals surface area contributed by atoms with Crippen LogP contribution < -0.4 is 0 Å². The molecule has 0 unspecified atom stereocenters. The van der Waals surface area contributed by atoms with Gasteiger partial charge in [-0.2, -0.15) is 13.2 Å². The Balaban J connectivity index is 3.09. The Bertz CT molecular complexity index is 349. The zero-order valence-electron chi connectivity index (χ0n) is 8.40. The van der Waals surface area contributed by atoms with Crippen molar-refractivity contribution in [3.8, 4) is 0 Å². The SMILES string of the molecule is CC[C@H](C)c1ncc(C(F)(F)F)cc1Cl. The van der Waals surface area contributed by atoms with Gasteiger partial charge in [0.2, 0.25) is 0 Å². The first-order valence-electron chi connectivity index (χ1n) is 4.59. The molecule has 0 aromatic carbocycles. The fourth-order valence-corrected chi connectivity index (χ4v) is 1.51. The average Bonchev–Trinajstić information content (AvgIpc) is 2.15. The Kier molecular flexibility index (Phi) is 3.60. The van der Waals surface area contributed by atoms with Crippen LogP contribution in [0.4, 0.5) is 13.2 Å². The van der Waals surface area contributed by atoms with Gasteiger partial charge in [-0.05, 0) is 18.4 Å². The fraction of sp³-hybridized carbons (Fsp3) is 0.500. The molecule has 84 valence electrons. The zero-order valence-corrected chi connectivity index (χ0v) is 9.15. The summed E-state index contributed by atoms with van der Waals surface area (Å²) in [7, 11) is 0. The first-order chi connectivity index (χ1) is 6.86. The third-order valence-electron chi connectivity index (χ3n) is 2.28. The average molecular weight is 238 g/mol. The molecule has 0 aliphatic rings. The molecule has 0 fully saturated rings. The lowest BCUT2D eigenvalue weighted by atomic mass is 10.0. The van der Waals surface area contributed by atoms with Crippen LogP contribution in [0.1, 0.15) is 37.4 Å². The molecule has 15 heavy (non-hydrogen) atoms. The lowest BCUT2D eigenvalue weighted by Gasteiger charge is -2.12. The summed E-state index contributed by atoms with van der Waals surface area (Å²) in [5.41, 5.74) is -0.285. The molecule has 1 aromatic rings. The predicted octanol–water partition coefficient (Wildman–Crippen LogP) is 4.27. The van der Waals surface area contributed by atoms with Gasteiger partial charge < -0.3 is 0 Å². The molecule has 1 nitrogen and oxygen atoms in total. The monoisotopic (exact) mass is 237 g/mol. The first kappa shape index (κ1) is 12.3. The Morgan fingerprint density at radius 2 is 2.07 bits per heavy atom. The number of aromatic nitrogens is 1. The van der Waals surface area contributed by atoms with Gasteiger partial charge in [0.1, 0.15) is 0 Å². The summed E-state index contributed by atoms with van der Waals surface area (Å²) in [6.07, 6.45) is -2.77. The number of pyridine rings is 1. The molecule has 5 heteroatoms. The van der Waals surface area contributed by atoms with Crippen LogP contribution in [0.15, 0.2) is 12.3 Å². The van der Waals surface area contributed by atoms with Crippen molar-refractivity contribution in [3.05, 3.63) is 28.5 Å². The summed E-state index contributed by atoms with van der Waals surface area (Å²) < 4.78 is 36.9. The summed E-state index contributed by atoms with van der Waals surface area (Å²) in [6, 6.07) is 0.927. The van der Waals surface area contributed by atoms with Crippen molar-refractivity contribution in [3.63, 3.8) is 0 Å². The minimum absolute atomic E-state index is 0.0692. The van der Waals surface area contributed by atoms with Gasteiger partial charge in [0.15, 0.2) is 0 Å². The number of hydrogen-bond donors (Lipinski definition) is 0. The highest BCUT2D eigenvalue weighted by Gasteiger charge is 2.31. The van der Waals surface area contributed by atoms with Gasteiger partial charge in [0.25, 0.3) is 0 Å². The number of nitrogens with zero attached hydrogens (tertiary/aromatic N) is 1. The van der Waals surface area contributed by atoms with E-state index in [1.807, 2.05) is 13.8 Å². The molecule has 0 aliphatic carbocycles. The summed E-state index contributed by atoms with van der Waals surface area (Å²) >= 11 is 5.75. The van der Waals surface area contributed by atoms with Crippen LogP contribution in [0.25, 0.3) is 0 Å².